The molecule has 0 atom stereocenters. The Labute approximate surface area is 151 Å². The fourth-order valence-electron chi connectivity index (χ4n) is 2.69. The highest BCUT2D eigenvalue weighted by atomic mass is 16.6. The van der Waals surface area contributed by atoms with E-state index < -0.39 is 5.91 Å². The number of carbonyl (C=O) groups excluding carboxylic acids is 1. The van der Waals surface area contributed by atoms with Gasteiger partial charge in [0.25, 0.3) is 5.91 Å². The van der Waals surface area contributed by atoms with E-state index in [4.69, 9.17) is 19.6 Å². The number of aliphatic imine (C=N–C) groups is 1. The monoisotopic (exact) mass is 358 g/mol. The number of rotatable bonds is 5. The van der Waals surface area contributed by atoms with Crippen molar-refractivity contribution in [1.82, 2.24) is 10.2 Å². The maximum absolute atomic E-state index is 11.1. The molecular formula is C18H22N4O4. The van der Waals surface area contributed by atoms with Gasteiger partial charge in [-0.1, -0.05) is 6.07 Å². The van der Waals surface area contributed by atoms with E-state index in [-0.39, 0.29) is 5.76 Å². The normalized spacial score (nSPS) is 13.4. The van der Waals surface area contributed by atoms with Crippen LogP contribution in [0.1, 0.15) is 21.9 Å². The summed E-state index contributed by atoms with van der Waals surface area (Å²) in [4.78, 5) is 17.3. The van der Waals surface area contributed by atoms with Gasteiger partial charge in [0.1, 0.15) is 19.0 Å². The molecule has 1 aliphatic rings. The van der Waals surface area contributed by atoms with Gasteiger partial charge in [-0.2, -0.15) is 0 Å². The van der Waals surface area contributed by atoms with Gasteiger partial charge in [-0.25, -0.2) is 0 Å². The number of benzene rings is 1. The molecule has 0 radical (unpaired) electrons. The van der Waals surface area contributed by atoms with Crippen molar-refractivity contribution in [1.29, 1.82) is 0 Å². The van der Waals surface area contributed by atoms with E-state index in [0.29, 0.717) is 38.0 Å². The minimum atomic E-state index is -0.587. The van der Waals surface area contributed by atoms with Gasteiger partial charge in [0, 0.05) is 20.6 Å². The molecule has 2 heterocycles. The quantitative estimate of drug-likeness (QED) is 0.618. The van der Waals surface area contributed by atoms with Crippen molar-refractivity contribution >= 4 is 11.9 Å². The lowest BCUT2D eigenvalue weighted by Crippen LogP contribution is -2.38. The molecule has 3 rings (SSSR count). The van der Waals surface area contributed by atoms with Crippen molar-refractivity contribution in [2.24, 2.45) is 10.7 Å². The number of amides is 1. The molecule has 0 aliphatic carbocycles. The highest BCUT2D eigenvalue weighted by Gasteiger charge is 2.14. The fourth-order valence-corrected chi connectivity index (χ4v) is 2.69. The first kappa shape index (κ1) is 17.7. The molecule has 2 aromatic rings. The van der Waals surface area contributed by atoms with Gasteiger partial charge in [-0.3, -0.25) is 9.79 Å². The summed E-state index contributed by atoms with van der Waals surface area (Å²) >= 11 is 0. The standard InChI is InChI=1S/C18H22N4O4/c1-20-18(21-10-13-4-6-15(26-13)17(19)23)22(2)11-12-3-5-14-16(9-12)25-8-7-24-14/h3-6,9H,7-8,10-11H2,1-2H3,(H2,19,23)(H,20,21). The minimum Gasteiger partial charge on any atom is -0.486 e. The van der Waals surface area contributed by atoms with E-state index in [1.807, 2.05) is 30.1 Å². The lowest BCUT2D eigenvalue weighted by molar-refractivity contribution is 0.0972. The van der Waals surface area contributed by atoms with Crippen molar-refractivity contribution < 1.29 is 18.7 Å². The lowest BCUT2D eigenvalue weighted by atomic mass is 10.2. The third-order valence-corrected chi connectivity index (χ3v) is 3.92. The van der Waals surface area contributed by atoms with E-state index >= 15 is 0 Å². The molecule has 1 aromatic heterocycles. The number of carbonyl (C=O) groups is 1. The topological polar surface area (TPSA) is 102 Å². The maximum atomic E-state index is 11.1. The number of hydrogen-bond acceptors (Lipinski definition) is 5. The summed E-state index contributed by atoms with van der Waals surface area (Å²) in [5.74, 6) is 2.38. The summed E-state index contributed by atoms with van der Waals surface area (Å²) in [5.41, 5.74) is 6.27. The van der Waals surface area contributed by atoms with Crippen LogP contribution >= 0.6 is 0 Å². The van der Waals surface area contributed by atoms with Crippen LogP contribution in [0.5, 0.6) is 11.5 Å². The van der Waals surface area contributed by atoms with Gasteiger partial charge in [0.05, 0.1) is 6.54 Å². The van der Waals surface area contributed by atoms with Crippen LogP contribution in [0.15, 0.2) is 39.7 Å². The van der Waals surface area contributed by atoms with Crippen LogP contribution in [0.2, 0.25) is 0 Å². The molecular weight excluding hydrogens is 336 g/mol. The molecule has 0 bridgehead atoms. The van der Waals surface area contributed by atoms with E-state index in [2.05, 4.69) is 10.3 Å². The third-order valence-electron chi connectivity index (χ3n) is 3.92. The second-order valence-corrected chi connectivity index (χ2v) is 5.87. The number of nitrogens with zero attached hydrogens (tertiary/aromatic N) is 2. The minimum absolute atomic E-state index is 0.140. The largest absolute Gasteiger partial charge is 0.486 e. The Kier molecular flexibility index (Phi) is 5.31. The summed E-state index contributed by atoms with van der Waals surface area (Å²) in [5, 5.41) is 3.19. The van der Waals surface area contributed by atoms with Crippen LogP contribution in [-0.2, 0) is 13.1 Å². The predicted octanol–water partition coefficient (Wildman–Crippen LogP) is 1.36. The van der Waals surface area contributed by atoms with Crippen LogP contribution in [0.25, 0.3) is 0 Å². The first-order valence-electron chi connectivity index (χ1n) is 8.25. The van der Waals surface area contributed by atoms with E-state index in [9.17, 15) is 4.79 Å². The highest BCUT2D eigenvalue weighted by Crippen LogP contribution is 2.31. The molecule has 8 nitrogen and oxygen atoms in total. The average Bonchev–Trinajstić information content (AvgIpc) is 3.11. The smallest absolute Gasteiger partial charge is 0.284 e. The fraction of sp³-hybridized carbons (Fsp3) is 0.333. The van der Waals surface area contributed by atoms with E-state index in [0.717, 1.165) is 17.1 Å². The third kappa shape index (κ3) is 4.08. The Morgan fingerprint density at radius 1 is 1.23 bits per heavy atom. The Balaban J connectivity index is 1.60. The number of furan rings is 1. The average molecular weight is 358 g/mol. The van der Waals surface area contributed by atoms with Gasteiger partial charge in [-0.15, -0.1) is 0 Å². The number of nitrogens with one attached hydrogen (secondary N) is 1. The summed E-state index contributed by atoms with van der Waals surface area (Å²) < 4.78 is 16.5. The predicted molar refractivity (Wildman–Crippen MR) is 96.3 cm³/mol. The molecule has 0 spiro atoms. The number of guanidine groups is 1. The summed E-state index contributed by atoms with van der Waals surface area (Å²) in [6.45, 7) is 2.17. The van der Waals surface area contributed by atoms with Gasteiger partial charge >= 0.3 is 0 Å². The molecule has 1 amide bonds. The molecule has 1 aliphatic heterocycles. The number of fused-ring (bicyclic) bond motifs is 1. The molecule has 138 valence electrons. The Morgan fingerprint density at radius 3 is 2.69 bits per heavy atom. The molecule has 8 heteroatoms. The SMILES string of the molecule is CN=C(NCc1ccc(C(N)=O)o1)N(C)Cc1ccc2c(c1)OCCO2. The van der Waals surface area contributed by atoms with Gasteiger partial charge in [0.2, 0.25) is 0 Å². The zero-order chi connectivity index (χ0) is 18.5. The van der Waals surface area contributed by atoms with Crippen LogP contribution in [0.3, 0.4) is 0 Å². The summed E-state index contributed by atoms with van der Waals surface area (Å²) in [6.07, 6.45) is 0. The molecule has 3 N–H and O–H groups in total. The van der Waals surface area contributed by atoms with E-state index in [1.54, 1.807) is 19.2 Å². The highest BCUT2D eigenvalue weighted by molar-refractivity contribution is 5.89. The Hall–Kier alpha value is -3.16. The van der Waals surface area contributed by atoms with Crippen molar-refractivity contribution in [2.75, 3.05) is 27.3 Å². The number of ether oxygens (including phenoxy) is 2. The van der Waals surface area contributed by atoms with Crippen LogP contribution in [0.4, 0.5) is 0 Å². The molecule has 0 unspecified atom stereocenters. The van der Waals surface area contributed by atoms with Crippen molar-refractivity contribution in [3.05, 3.63) is 47.4 Å². The Bertz CT molecular complexity index is 815. The number of primary amides is 1. The molecule has 1 aromatic carbocycles. The summed E-state index contributed by atoms with van der Waals surface area (Å²) in [7, 11) is 3.64. The zero-order valence-corrected chi connectivity index (χ0v) is 14.8. The number of nitrogens with two attached hydrogens (primary N) is 1. The van der Waals surface area contributed by atoms with Crippen molar-refractivity contribution in [3.63, 3.8) is 0 Å². The van der Waals surface area contributed by atoms with Crippen molar-refractivity contribution in [2.45, 2.75) is 13.1 Å². The first-order valence-corrected chi connectivity index (χ1v) is 8.25. The van der Waals surface area contributed by atoms with Gasteiger partial charge < -0.3 is 29.8 Å². The van der Waals surface area contributed by atoms with Crippen LogP contribution in [0, 0.1) is 0 Å². The number of hydrogen-bond donors (Lipinski definition) is 2. The molecule has 0 fully saturated rings. The second kappa shape index (κ2) is 7.81. The Morgan fingerprint density at radius 2 is 2.00 bits per heavy atom. The second-order valence-electron chi connectivity index (χ2n) is 5.87. The zero-order valence-electron chi connectivity index (χ0n) is 14.8. The molecule has 0 saturated heterocycles. The molecule has 26 heavy (non-hydrogen) atoms. The van der Waals surface area contributed by atoms with Gasteiger partial charge in [-0.05, 0) is 29.8 Å². The summed E-state index contributed by atoms with van der Waals surface area (Å²) in [6, 6.07) is 9.16. The van der Waals surface area contributed by atoms with Crippen LogP contribution < -0.4 is 20.5 Å². The maximum Gasteiger partial charge on any atom is 0.284 e. The van der Waals surface area contributed by atoms with E-state index in [1.165, 1.54) is 0 Å². The molecule has 0 saturated carbocycles. The first-order chi connectivity index (χ1) is 12.6. The van der Waals surface area contributed by atoms with Gasteiger partial charge in [0.15, 0.2) is 23.2 Å². The van der Waals surface area contributed by atoms with Crippen molar-refractivity contribution in [3.8, 4) is 11.5 Å². The van der Waals surface area contributed by atoms with Crippen LogP contribution in [-0.4, -0.2) is 44.1 Å². The lowest BCUT2D eigenvalue weighted by Gasteiger charge is -2.23.